The molecule has 2 rings (SSSR count). The average molecular weight is 334 g/mol. The lowest BCUT2D eigenvalue weighted by Crippen LogP contribution is -2.45. The van der Waals surface area contributed by atoms with Crippen LogP contribution in [0, 0.1) is 6.92 Å². The fraction of sp³-hybridized carbons (Fsp3) is 0.471. The second kappa shape index (κ2) is 7.33. The summed E-state index contributed by atoms with van der Waals surface area (Å²) in [5.74, 6) is -1.91. The summed E-state index contributed by atoms with van der Waals surface area (Å²) in [5.41, 5.74) is 0.980. The zero-order valence-electron chi connectivity index (χ0n) is 13.8. The van der Waals surface area contributed by atoms with E-state index in [1.165, 1.54) is 24.0 Å². The molecule has 1 aliphatic carbocycles. The summed E-state index contributed by atoms with van der Waals surface area (Å²) >= 11 is 0. The summed E-state index contributed by atoms with van der Waals surface area (Å²) in [7, 11) is 0. The van der Waals surface area contributed by atoms with Crippen LogP contribution in [-0.4, -0.2) is 51.5 Å². The van der Waals surface area contributed by atoms with Gasteiger partial charge in [-0.15, -0.1) is 0 Å². The van der Waals surface area contributed by atoms with Crippen LogP contribution in [0.4, 0.5) is 0 Å². The Morgan fingerprint density at radius 2 is 2.00 bits per heavy atom. The number of nitrogens with zero attached hydrogens (tertiary/aromatic N) is 1. The van der Waals surface area contributed by atoms with E-state index in [1.54, 1.807) is 13.0 Å². The van der Waals surface area contributed by atoms with Crippen molar-refractivity contribution in [2.45, 2.75) is 45.2 Å². The van der Waals surface area contributed by atoms with Crippen molar-refractivity contribution in [3.05, 3.63) is 29.3 Å². The molecule has 7 heteroatoms. The number of carbonyl (C=O) groups excluding carboxylic acids is 2. The van der Waals surface area contributed by atoms with Crippen LogP contribution in [0.2, 0.25) is 0 Å². The highest BCUT2D eigenvalue weighted by Gasteiger charge is 2.37. The Kier molecular flexibility index (Phi) is 5.43. The van der Waals surface area contributed by atoms with Gasteiger partial charge >= 0.3 is 5.97 Å². The van der Waals surface area contributed by atoms with Crippen LogP contribution < -0.4 is 5.32 Å². The van der Waals surface area contributed by atoms with Crippen molar-refractivity contribution >= 4 is 17.8 Å². The predicted octanol–water partition coefficient (Wildman–Crippen LogP) is 1.28. The minimum absolute atomic E-state index is 0.0135. The van der Waals surface area contributed by atoms with Gasteiger partial charge in [-0.05, 0) is 44.4 Å². The molecule has 0 radical (unpaired) electrons. The van der Waals surface area contributed by atoms with Gasteiger partial charge in [0.15, 0.2) is 0 Å². The maximum Gasteiger partial charge on any atom is 0.326 e. The number of nitrogens with one attached hydrogen (secondary N) is 1. The third-order valence-electron chi connectivity index (χ3n) is 4.03. The Morgan fingerprint density at radius 3 is 2.54 bits per heavy atom. The lowest BCUT2D eigenvalue weighted by atomic mass is 10.1. The second-order valence-corrected chi connectivity index (χ2v) is 6.07. The minimum atomic E-state index is -1.04. The number of carboxylic acid groups (broad SMARTS) is 1. The van der Waals surface area contributed by atoms with E-state index in [0.717, 1.165) is 18.4 Å². The van der Waals surface area contributed by atoms with Crippen molar-refractivity contribution in [2.24, 2.45) is 0 Å². The van der Waals surface area contributed by atoms with Gasteiger partial charge in [0.05, 0.1) is 5.56 Å². The molecule has 0 spiro atoms. The number of hydrogen-bond acceptors (Lipinski definition) is 4. The van der Waals surface area contributed by atoms with Gasteiger partial charge in [-0.2, -0.15) is 0 Å². The first kappa shape index (κ1) is 17.8. The summed E-state index contributed by atoms with van der Waals surface area (Å²) in [6.45, 7) is 3.37. The maximum absolute atomic E-state index is 12.3. The van der Waals surface area contributed by atoms with Gasteiger partial charge in [-0.25, -0.2) is 4.79 Å². The van der Waals surface area contributed by atoms with Gasteiger partial charge in [0.1, 0.15) is 11.8 Å². The number of aliphatic carboxylic acids is 1. The van der Waals surface area contributed by atoms with Crippen LogP contribution in [0.15, 0.2) is 18.2 Å². The number of aryl methyl sites for hydroxylation is 1. The molecule has 1 saturated carbocycles. The zero-order chi connectivity index (χ0) is 17.9. The highest BCUT2D eigenvalue weighted by atomic mass is 16.4. The molecule has 0 aliphatic heterocycles. The number of phenols is 1. The molecule has 7 nitrogen and oxygen atoms in total. The molecule has 1 atom stereocenters. The van der Waals surface area contributed by atoms with Crippen LogP contribution in [0.25, 0.3) is 0 Å². The van der Waals surface area contributed by atoms with E-state index in [1.807, 2.05) is 0 Å². The van der Waals surface area contributed by atoms with Gasteiger partial charge in [0.25, 0.3) is 5.91 Å². The van der Waals surface area contributed by atoms with Gasteiger partial charge in [0.2, 0.25) is 5.91 Å². The van der Waals surface area contributed by atoms with E-state index in [9.17, 15) is 19.5 Å². The number of rotatable bonds is 7. The highest BCUT2D eigenvalue weighted by Crippen LogP contribution is 2.29. The molecule has 0 heterocycles. The van der Waals surface area contributed by atoms with Crippen molar-refractivity contribution in [3.63, 3.8) is 0 Å². The quantitative estimate of drug-likeness (QED) is 0.696. The standard InChI is InChI=1S/C17H22N2O5/c1-10-3-6-13(14(20)9-10)16(22)18-8-7-15(21)19(12-4-5-12)11(2)17(23)24/h3,6,9,11-12,20H,4-5,7-8H2,1-2H3,(H,18,22)(H,23,24). The molecule has 1 unspecified atom stereocenters. The van der Waals surface area contributed by atoms with Crippen molar-refractivity contribution < 1.29 is 24.6 Å². The lowest BCUT2D eigenvalue weighted by Gasteiger charge is -2.26. The molecule has 0 saturated heterocycles. The Hall–Kier alpha value is -2.57. The van der Waals surface area contributed by atoms with E-state index in [0.29, 0.717) is 0 Å². The number of aromatic hydroxyl groups is 1. The third-order valence-corrected chi connectivity index (χ3v) is 4.03. The van der Waals surface area contributed by atoms with Crippen LogP contribution >= 0.6 is 0 Å². The number of benzene rings is 1. The molecule has 1 aromatic carbocycles. The van der Waals surface area contributed by atoms with Crippen LogP contribution in [-0.2, 0) is 9.59 Å². The number of carboxylic acids is 1. The average Bonchev–Trinajstić information content (AvgIpc) is 3.31. The molecule has 3 N–H and O–H groups in total. The summed E-state index contributed by atoms with van der Waals surface area (Å²) in [5, 5.41) is 21.5. The molecule has 1 fully saturated rings. The summed E-state index contributed by atoms with van der Waals surface area (Å²) in [6, 6.07) is 3.83. The van der Waals surface area contributed by atoms with Crippen molar-refractivity contribution in [1.82, 2.24) is 10.2 Å². The molecular weight excluding hydrogens is 312 g/mol. The highest BCUT2D eigenvalue weighted by molar-refractivity contribution is 5.97. The smallest absolute Gasteiger partial charge is 0.326 e. The second-order valence-electron chi connectivity index (χ2n) is 6.07. The van der Waals surface area contributed by atoms with E-state index < -0.39 is 17.9 Å². The van der Waals surface area contributed by atoms with E-state index in [2.05, 4.69) is 5.32 Å². The van der Waals surface area contributed by atoms with Gasteiger partial charge in [0, 0.05) is 19.0 Å². The van der Waals surface area contributed by atoms with Crippen molar-refractivity contribution in [2.75, 3.05) is 6.54 Å². The minimum Gasteiger partial charge on any atom is -0.507 e. The first-order chi connectivity index (χ1) is 11.3. The SMILES string of the molecule is Cc1ccc(C(=O)NCCC(=O)N(C2CC2)C(C)C(=O)O)c(O)c1. The predicted molar refractivity (Wildman–Crippen MR) is 86.8 cm³/mol. The fourth-order valence-electron chi connectivity index (χ4n) is 2.55. The van der Waals surface area contributed by atoms with Gasteiger partial charge < -0.3 is 20.4 Å². The number of amides is 2. The van der Waals surface area contributed by atoms with Gasteiger partial charge in [-0.1, -0.05) is 6.07 Å². The maximum atomic E-state index is 12.3. The molecule has 0 bridgehead atoms. The molecule has 24 heavy (non-hydrogen) atoms. The Balaban J connectivity index is 1.89. The molecule has 2 amide bonds. The van der Waals surface area contributed by atoms with Crippen LogP contribution in [0.5, 0.6) is 5.75 Å². The molecule has 1 aromatic rings. The van der Waals surface area contributed by atoms with E-state index in [4.69, 9.17) is 5.11 Å². The number of carbonyl (C=O) groups is 3. The van der Waals surface area contributed by atoms with Crippen LogP contribution in [0.3, 0.4) is 0 Å². The lowest BCUT2D eigenvalue weighted by molar-refractivity contribution is -0.150. The first-order valence-corrected chi connectivity index (χ1v) is 7.93. The topological polar surface area (TPSA) is 107 Å². The van der Waals surface area contributed by atoms with Crippen molar-refractivity contribution in [1.29, 1.82) is 0 Å². The molecule has 1 aliphatic rings. The molecule has 0 aromatic heterocycles. The van der Waals surface area contributed by atoms with E-state index >= 15 is 0 Å². The molecular formula is C17H22N2O5. The van der Waals surface area contributed by atoms with Crippen LogP contribution in [0.1, 0.15) is 42.1 Å². The first-order valence-electron chi connectivity index (χ1n) is 7.93. The summed E-state index contributed by atoms with van der Waals surface area (Å²) < 4.78 is 0. The Labute approximate surface area is 140 Å². The van der Waals surface area contributed by atoms with E-state index in [-0.39, 0.29) is 36.2 Å². The number of hydrogen-bond donors (Lipinski definition) is 3. The normalized spacial score (nSPS) is 14.8. The van der Waals surface area contributed by atoms with Gasteiger partial charge in [-0.3, -0.25) is 9.59 Å². The summed E-state index contributed by atoms with van der Waals surface area (Å²) in [6.07, 6.45) is 1.65. The Bertz CT molecular complexity index is 654. The monoisotopic (exact) mass is 334 g/mol. The fourth-order valence-corrected chi connectivity index (χ4v) is 2.55. The molecule has 130 valence electrons. The zero-order valence-corrected chi connectivity index (χ0v) is 13.8. The third kappa shape index (κ3) is 4.24. The summed E-state index contributed by atoms with van der Waals surface area (Å²) in [4.78, 5) is 36.8. The van der Waals surface area contributed by atoms with Crippen molar-refractivity contribution in [3.8, 4) is 5.75 Å². The largest absolute Gasteiger partial charge is 0.507 e. The Morgan fingerprint density at radius 1 is 1.33 bits per heavy atom. The number of phenolic OH excluding ortho intramolecular Hbond substituents is 1.